The van der Waals surface area contributed by atoms with Crippen LogP contribution in [-0.4, -0.2) is 66.7 Å². The lowest BCUT2D eigenvalue weighted by Crippen LogP contribution is -2.38. The Labute approximate surface area is 255 Å². The van der Waals surface area contributed by atoms with Crippen LogP contribution in [0.3, 0.4) is 0 Å². The summed E-state index contributed by atoms with van der Waals surface area (Å²) in [5.74, 6) is 2.25. The highest BCUT2D eigenvalue weighted by atomic mass is 16.5. The number of fused-ring (bicyclic) bond motifs is 1. The van der Waals surface area contributed by atoms with E-state index in [9.17, 15) is 0 Å². The highest BCUT2D eigenvalue weighted by Crippen LogP contribution is 2.33. The zero-order chi connectivity index (χ0) is 29.9. The fourth-order valence-corrected chi connectivity index (χ4v) is 6.18. The first kappa shape index (κ1) is 27.9. The summed E-state index contributed by atoms with van der Waals surface area (Å²) in [7, 11) is 0. The van der Waals surface area contributed by atoms with Crippen molar-refractivity contribution in [3.8, 4) is 23.1 Å². The number of pyridine rings is 2. The van der Waals surface area contributed by atoms with Gasteiger partial charge >= 0.3 is 0 Å². The third-order valence-corrected chi connectivity index (χ3v) is 8.57. The second-order valence-corrected chi connectivity index (χ2v) is 11.4. The van der Waals surface area contributed by atoms with Crippen molar-refractivity contribution in [3.63, 3.8) is 0 Å². The van der Waals surface area contributed by atoms with Gasteiger partial charge in [-0.05, 0) is 67.6 Å². The zero-order valence-electron chi connectivity index (χ0n) is 24.4. The molecule has 0 amide bonds. The Hall–Kier alpha value is -4.92. The molecule has 5 aromatic rings. The fraction of sp³-hybridized carbons (Fsp3) is 0.333. The Bertz CT molecular complexity index is 1800. The second-order valence-electron chi connectivity index (χ2n) is 11.4. The number of piperidine rings is 1. The van der Waals surface area contributed by atoms with Gasteiger partial charge in [-0.25, -0.2) is 24.9 Å². The Morgan fingerprint density at radius 3 is 2.55 bits per heavy atom. The topological polar surface area (TPSA) is 144 Å². The Kier molecular flexibility index (Phi) is 7.83. The summed E-state index contributed by atoms with van der Waals surface area (Å²) in [5.41, 5.74) is 12.4. The van der Waals surface area contributed by atoms with Gasteiger partial charge < -0.3 is 15.8 Å². The quantitative estimate of drug-likeness (QED) is 0.275. The predicted octanol–water partition coefficient (Wildman–Crippen LogP) is 4.70. The lowest BCUT2D eigenvalue weighted by molar-refractivity contribution is 0.0845. The van der Waals surface area contributed by atoms with Crippen LogP contribution in [-0.2, 0) is 11.3 Å². The van der Waals surface area contributed by atoms with Crippen molar-refractivity contribution in [1.82, 2.24) is 34.4 Å². The third kappa shape index (κ3) is 5.82. The molecule has 6 heterocycles. The van der Waals surface area contributed by atoms with Gasteiger partial charge in [0.15, 0.2) is 11.5 Å². The molecule has 2 aliphatic heterocycles. The van der Waals surface area contributed by atoms with E-state index in [2.05, 4.69) is 72.2 Å². The lowest BCUT2D eigenvalue weighted by atomic mass is 9.96. The Balaban J connectivity index is 1.11. The van der Waals surface area contributed by atoms with Gasteiger partial charge in [-0.15, -0.1) is 0 Å². The number of nitrogens with zero attached hydrogens (tertiary/aromatic N) is 8. The van der Waals surface area contributed by atoms with E-state index in [0.29, 0.717) is 29.3 Å². The molecule has 11 nitrogen and oxygen atoms in total. The van der Waals surface area contributed by atoms with Gasteiger partial charge in [0, 0.05) is 68.5 Å². The van der Waals surface area contributed by atoms with Crippen molar-refractivity contribution in [2.75, 3.05) is 37.4 Å². The lowest BCUT2D eigenvalue weighted by Gasteiger charge is -2.32. The summed E-state index contributed by atoms with van der Waals surface area (Å²) in [6.45, 7) is 4.36. The van der Waals surface area contributed by atoms with Gasteiger partial charge in [-0.2, -0.15) is 5.26 Å². The minimum absolute atomic E-state index is 0.321. The van der Waals surface area contributed by atoms with Crippen molar-refractivity contribution in [2.45, 2.75) is 44.2 Å². The summed E-state index contributed by atoms with van der Waals surface area (Å²) in [6, 6.07) is 20.8. The third-order valence-electron chi connectivity index (χ3n) is 8.57. The van der Waals surface area contributed by atoms with Crippen LogP contribution >= 0.6 is 0 Å². The predicted molar refractivity (Wildman–Crippen MR) is 168 cm³/mol. The minimum Gasteiger partial charge on any atom is -0.383 e. The first-order chi connectivity index (χ1) is 21.6. The average molecular weight is 587 g/mol. The molecule has 0 radical (unpaired) electrons. The van der Waals surface area contributed by atoms with Crippen LogP contribution < -0.4 is 11.1 Å². The molecule has 222 valence electrons. The minimum atomic E-state index is 0.321. The number of hydrogen-bond donors (Lipinski definition) is 2. The molecular formula is C33H34N10O. The van der Waals surface area contributed by atoms with Crippen molar-refractivity contribution in [1.29, 1.82) is 5.26 Å². The van der Waals surface area contributed by atoms with Crippen molar-refractivity contribution >= 4 is 22.8 Å². The first-order valence-corrected chi connectivity index (χ1v) is 15.1. The molecule has 2 aliphatic rings. The van der Waals surface area contributed by atoms with Crippen LogP contribution in [0.25, 0.3) is 28.2 Å². The second kappa shape index (κ2) is 12.4. The molecule has 2 saturated heterocycles. The van der Waals surface area contributed by atoms with E-state index >= 15 is 0 Å². The molecule has 0 unspecified atom stereocenters. The Morgan fingerprint density at radius 2 is 1.77 bits per heavy atom. The number of benzene rings is 1. The SMILES string of the molecule is N#Cc1cc(NC2CCN(Cc3ccc(-n4c(-c5cccnc5N)nc5ccc(C6CCOCC6)nc54)cc3)CC2)ncn1. The van der Waals surface area contributed by atoms with E-state index in [1.54, 1.807) is 12.3 Å². The van der Waals surface area contributed by atoms with Gasteiger partial charge in [-0.3, -0.25) is 9.47 Å². The molecule has 0 bridgehead atoms. The Morgan fingerprint density at radius 1 is 0.955 bits per heavy atom. The summed E-state index contributed by atoms with van der Waals surface area (Å²) >= 11 is 0. The van der Waals surface area contributed by atoms with E-state index in [-0.39, 0.29) is 0 Å². The van der Waals surface area contributed by atoms with Crippen LogP contribution in [0.15, 0.2) is 67.1 Å². The number of nitriles is 1. The molecule has 0 saturated carbocycles. The fourth-order valence-electron chi connectivity index (χ4n) is 6.18. The van der Waals surface area contributed by atoms with E-state index in [1.807, 2.05) is 12.1 Å². The van der Waals surface area contributed by atoms with E-state index in [0.717, 1.165) is 92.5 Å². The number of nitrogen functional groups attached to an aromatic ring is 1. The van der Waals surface area contributed by atoms with Crippen molar-refractivity contribution < 1.29 is 4.74 Å². The van der Waals surface area contributed by atoms with Crippen molar-refractivity contribution in [3.05, 3.63) is 84.1 Å². The standard InChI is InChI=1S/C33H34N10O/c34-19-25-18-30(38-21-37-25)39-24-9-14-42(15-10-24)20-22-3-5-26(6-4-22)43-32(27-2-1-13-36-31(27)35)41-29-8-7-28(40-33(29)43)23-11-16-44-17-12-23/h1-8,13,18,21,23-24H,9-12,14-17,20H2,(H2,35,36)(H,37,38,39). The number of imidazole rings is 1. The van der Waals surface area contributed by atoms with Crippen LogP contribution in [0.5, 0.6) is 0 Å². The number of aromatic nitrogens is 6. The number of ether oxygens (including phenoxy) is 1. The average Bonchev–Trinajstić information content (AvgIpc) is 3.45. The van der Waals surface area contributed by atoms with E-state index in [4.69, 9.17) is 25.7 Å². The molecule has 0 atom stereocenters. The van der Waals surface area contributed by atoms with Crippen molar-refractivity contribution in [2.24, 2.45) is 0 Å². The van der Waals surface area contributed by atoms with Gasteiger partial charge in [0.1, 0.15) is 35.2 Å². The molecule has 44 heavy (non-hydrogen) atoms. The number of hydrogen-bond acceptors (Lipinski definition) is 10. The first-order valence-electron chi connectivity index (χ1n) is 15.1. The molecule has 0 spiro atoms. The molecule has 3 N–H and O–H groups in total. The van der Waals surface area contributed by atoms with E-state index < -0.39 is 0 Å². The van der Waals surface area contributed by atoms with Crippen LogP contribution in [0.2, 0.25) is 0 Å². The molecular weight excluding hydrogens is 552 g/mol. The molecule has 2 fully saturated rings. The van der Waals surface area contributed by atoms with Gasteiger partial charge in [0.25, 0.3) is 0 Å². The maximum Gasteiger partial charge on any atom is 0.165 e. The number of likely N-dealkylation sites (tertiary alicyclic amines) is 1. The van der Waals surface area contributed by atoms with Crippen LogP contribution in [0.1, 0.15) is 48.6 Å². The maximum atomic E-state index is 9.10. The van der Waals surface area contributed by atoms with Gasteiger partial charge in [0.2, 0.25) is 0 Å². The normalized spacial score (nSPS) is 16.6. The highest BCUT2D eigenvalue weighted by molar-refractivity contribution is 5.83. The number of nitrogens with one attached hydrogen (secondary N) is 1. The highest BCUT2D eigenvalue weighted by Gasteiger charge is 2.23. The van der Waals surface area contributed by atoms with Gasteiger partial charge in [0.05, 0.1) is 5.56 Å². The molecule has 1 aromatic carbocycles. The van der Waals surface area contributed by atoms with Crippen LogP contribution in [0.4, 0.5) is 11.6 Å². The maximum absolute atomic E-state index is 9.10. The summed E-state index contributed by atoms with van der Waals surface area (Å²) < 4.78 is 7.70. The summed E-state index contributed by atoms with van der Waals surface area (Å²) in [6.07, 6.45) is 7.08. The van der Waals surface area contributed by atoms with Gasteiger partial charge in [-0.1, -0.05) is 12.1 Å². The molecule has 11 heteroatoms. The molecule has 4 aromatic heterocycles. The monoisotopic (exact) mass is 586 g/mol. The zero-order valence-corrected chi connectivity index (χ0v) is 24.4. The summed E-state index contributed by atoms with van der Waals surface area (Å²) in [5, 5.41) is 12.6. The molecule has 7 rings (SSSR count). The van der Waals surface area contributed by atoms with Crippen LogP contribution in [0, 0.1) is 11.3 Å². The summed E-state index contributed by atoms with van der Waals surface area (Å²) in [4.78, 5) is 25.2. The number of nitrogens with two attached hydrogens (primary N) is 1. The number of rotatable bonds is 7. The molecule has 0 aliphatic carbocycles. The largest absolute Gasteiger partial charge is 0.383 e. The number of anilines is 2. The smallest absolute Gasteiger partial charge is 0.165 e. The van der Waals surface area contributed by atoms with E-state index in [1.165, 1.54) is 11.9 Å².